The first-order valence-corrected chi connectivity index (χ1v) is 7.51. The predicted molar refractivity (Wildman–Crippen MR) is 72.3 cm³/mol. The van der Waals surface area contributed by atoms with Gasteiger partial charge in [0.1, 0.15) is 0 Å². The maximum Gasteiger partial charge on any atom is 0.167 e. The fourth-order valence-electron chi connectivity index (χ4n) is 3.11. The van der Waals surface area contributed by atoms with E-state index in [0.29, 0.717) is 0 Å². The third-order valence-corrected chi connectivity index (χ3v) is 4.46. The summed E-state index contributed by atoms with van der Waals surface area (Å²) in [5.74, 6) is 0. The van der Waals surface area contributed by atoms with Crippen LogP contribution in [-0.4, -0.2) is 11.1 Å². The summed E-state index contributed by atoms with van der Waals surface area (Å²) in [7, 11) is 0. The van der Waals surface area contributed by atoms with E-state index in [1.54, 1.807) is 0 Å². The fourth-order valence-corrected chi connectivity index (χ4v) is 3.11. The third kappa shape index (κ3) is 3.32. The smallest absolute Gasteiger partial charge is 0.167 e. The van der Waals surface area contributed by atoms with E-state index in [9.17, 15) is 10.5 Å². The van der Waals surface area contributed by atoms with Gasteiger partial charge in [0.2, 0.25) is 0 Å². The molecule has 0 N–H and O–H groups in total. The molecule has 0 saturated heterocycles. The molecule has 2 aliphatic rings. The molecule has 19 heavy (non-hydrogen) atoms. The van der Waals surface area contributed by atoms with Crippen LogP contribution in [0, 0.1) is 22.7 Å². The molecule has 0 amide bonds. The molecule has 102 valence electrons. The second-order valence-corrected chi connectivity index (χ2v) is 5.96. The Bertz CT molecular complexity index is 399. The summed E-state index contributed by atoms with van der Waals surface area (Å²) in [6.07, 6.45) is 10.9. The summed E-state index contributed by atoms with van der Waals surface area (Å²) in [6.45, 7) is 0. The molecule has 0 heterocycles. The number of hydrogen-bond donors (Lipinski definition) is 0. The van der Waals surface area contributed by atoms with Gasteiger partial charge < -0.3 is 0 Å². The van der Waals surface area contributed by atoms with E-state index in [1.807, 2.05) is 0 Å². The van der Waals surface area contributed by atoms with Gasteiger partial charge in [0.25, 0.3) is 0 Å². The number of nitriles is 2. The molecule has 0 aromatic heterocycles. The molecule has 0 radical (unpaired) electrons. The number of rotatable bonds is 2. The van der Waals surface area contributed by atoms with Gasteiger partial charge in [0.05, 0.1) is 12.1 Å². The van der Waals surface area contributed by atoms with Gasteiger partial charge in [-0.15, -0.1) is 0 Å². The molecule has 2 rings (SSSR count). The average Bonchev–Trinajstić information content (AvgIpc) is 2.72. The van der Waals surface area contributed by atoms with Gasteiger partial charge in [-0.05, 0) is 51.4 Å². The zero-order chi connectivity index (χ0) is 13.6. The molecule has 2 fully saturated rings. The number of azo groups is 1. The van der Waals surface area contributed by atoms with Gasteiger partial charge in [-0.3, -0.25) is 0 Å². The highest BCUT2D eigenvalue weighted by atomic mass is 15.2. The molecule has 2 aliphatic carbocycles. The Labute approximate surface area is 115 Å². The van der Waals surface area contributed by atoms with Crippen molar-refractivity contribution < 1.29 is 0 Å². The summed E-state index contributed by atoms with van der Waals surface area (Å²) in [4.78, 5) is 0. The van der Waals surface area contributed by atoms with Gasteiger partial charge >= 0.3 is 0 Å². The van der Waals surface area contributed by atoms with Crippen LogP contribution in [0.1, 0.15) is 70.6 Å². The Hall–Kier alpha value is -1.42. The Balaban J connectivity index is 2.14. The second kappa shape index (κ2) is 6.15. The topological polar surface area (TPSA) is 72.3 Å². The molecule has 2 saturated carbocycles. The lowest BCUT2D eigenvalue weighted by Crippen LogP contribution is -2.29. The summed E-state index contributed by atoms with van der Waals surface area (Å²) in [6, 6.07) is 4.71. The SMILES string of the molecule is N#CC1(N=NC2(C#N)CCCCC2)CCCCCC1. The van der Waals surface area contributed by atoms with Crippen LogP contribution in [-0.2, 0) is 0 Å². The Morgan fingerprint density at radius 2 is 0.895 bits per heavy atom. The Kier molecular flexibility index (Phi) is 4.53. The lowest BCUT2D eigenvalue weighted by molar-refractivity contribution is 0.334. The summed E-state index contributed by atoms with van der Waals surface area (Å²) < 4.78 is 0. The number of hydrogen-bond acceptors (Lipinski definition) is 4. The molecule has 0 bridgehead atoms. The minimum Gasteiger partial charge on any atom is -0.196 e. The third-order valence-electron chi connectivity index (χ3n) is 4.46. The van der Waals surface area contributed by atoms with Crippen molar-refractivity contribution in [2.45, 2.75) is 81.7 Å². The van der Waals surface area contributed by atoms with Crippen molar-refractivity contribution >= 4 is 0 Å². The van der Waals surface area contributed by atoms with E-state index in [2.05, 4.69) is 22.4 Å². The van der Waals surface area contributed by atoms with Crippen LogP contribution in [0.15, 0.2) is 10.2 Å². The monoisotopic (exact) mass is 258 g/mol. The lowest BCUT2D eigenvalue weighted by atomic mass is 9.84. The van der Waals surface area contributed by atoms with Gasteiger partial charge in [0, 0.05) is 0 Å². The zero-order valence-electron chi connectivity index (χ0n) is 11.6. The standard InChI is InChI=1S/C15H22N4/c16-12-14(8-4-1-2-5-9-14)18-19-15(13-17)10-6-3-7-11-15/h1-11H2. The molecule has 0 aromatic rings. The molecule has 0 unspecified atom stereocenters. The molecule has 4 nitrogen and oxygen atoms in total. The molecule has 0 atom stereocenters. The van der Waals surface area contributed by atoms with Crippen molar-refractivity contribution in [2.75, 3.05) is 0 Å². The number of nitrogens with zero attached hydrogens (tertiary/aromatic N) is 4. The van der Waals surface area contributed by atoms with Crippen LogP contribution in [0.3, 0.4) is 0 Å². The van der Waals surface area contributed by atoms with Crippen LogP contribution in [0.4, 0.5) is 0 Å². The van der Waals surface area contributed by atoms with E-state index < -0.39 is 11.1 Å². The highest BCUT2D eigenvalue weighted by molar-refractivity contribution is 5.11. The quantitative estimate of drug-likeness (QED) is 0.547. The van der Waals surface area contributed by atoms with Crippen LogP contribution >= 0.6 is 0 Å². The van der Waals surface area contributed by atoms with Crippen LogP contribution in [0.5, 0.6) is 0 Å². The zero-order valence-corrected chi connectivity index (χ0v) is 11.6. The summed E-state index contributed by atoms with van der Waals surface area (Å²) in [5.41, 5.74) is -1.30. The molecular weight excluding hydrogens is 236 g/mol. The van der Waals surface area contributed by atoms with E-state index in [0.717, 1.165) is 51.4 Å². The van der Waals surface area contributed by atoms with E-state index in [-0.39, 0.29) is 0 Å². The van der Waals surface area contributed by atoms with Gasteiger partial charge in [-0.1, -0.05) is 19.3 Å². The fraction of sp³-hybridized carbons (Fsp3) is 0.867. The Morgan fingerprint density at radius 3 is 1.21 bits per heavy atom. The first-order valence-electron chi connectivity index (χ1n) is 7.51. The summed E-state index contributed by atoms with van der Waals surface area (Å²) >= 11 is 0. The van der Waals surface area contributed by atoms with E-state index >= 15 is 0 Å². The second-order valence-electron chi connectivity index (χ2n) is 5.96. The predicted octanol–water partition coefficient (Wildman–Crippen LogP) is 4.28. The maximum absolute atomic E-state index is 9.47. The van der Waals surface area contributed by atoms with Crippen molar-refractivity contribution in [2.24, 2.45) is 10.2 Å². The first-order chi connectivity index (χ1) is 9.24. The highest BCUT2D eigenvalue weighted by Gasteiger charge is 2.36. The van der Waals surface area contributed by atoms with Crippen molar-refractivity contribution in [3.05, 3.63) is 0 Å². The molecule has 0 aliphatic heterocycles. The van der Waals surface area contributed by atoms with Crippen molar-refractivity contribution in [1.29, 1.82) is 10.5 Å². The highest BCUT2D eigenvalue weighted by Crippen LogP contribution is 2.35. The van der Waals surface area contributed by atoms with Crippen LogP contribution < -0.4 is 0 Å². The van der Waals surface area contributed by atoms with Crippen LogP contribution in [0.2, 0.25) is 0 Å². The lowest BCUT2D eigenvalue weighted by Gasteiger charge is -2.27. The van der Waals surface area contributed by atoms with Gasteiger partial charge in [-0.2, -0.15) is 20.8 Å². The van der Waals surface area contributed by atoms with Crippen LogP contribution in [0.25, 0.3) is 0 Å². The molecule has 0 spiro atoms. The van der Waals surface area contributed by atoms with Crippen molar-refractivity contribution in [1.82, 2.24) is 0 Å². The van der Waals surface area contributed by atoms with E-state index in [4.69, 9.17) is 0 Å². The van der Waals surface area contributed by atoms with Gasteiger partial charge in [0.15, 0.2) is 11.1 Å². The van der Waals surface area contributed by atoms with Crippen molar-refractivity contribution in [3.63, 3.8) is 0 Å². The minimum absolute atomic E-state index is 0.644. The first kappa shape index (κ1) is 14.0. The van der Waals surface area contributed by atoms with E-state index in [1.165, 1.54) is 19.3 Å². The van der Waals surface area contributed by atoms with Gasteiger partial charge in [-0.25, -0.2) is 0 Å². The largest absolute Gasteiger partial charge is 0.196 e. The molecule has 4 heteroatoms. The average molecular weight is 258 g/mol. The minimum atomic E-state index is -0.655. The molecule has 0 aromatic carbocycles. The normalized spacial score (nSPS) is 26.2. The maximum atomic E-state index is 9.47. The van der Waals surface area contributed by atoms with Crippen molar-refractivity contribution in [3.8, 4) is 12.1 Å². The summed E-state index contributed by atoms with van der Waals surface area (Å²) in [5, 5.41) is 27.6. The Morgan fingerprint density at radius 1 is 0.579 bits per heavy atom. The molecular formula is C15H22N4.